The lowest BCUT2D eigenvalue weighted by Crippen LogP contribution is -2.68. The molecule has 0 unspecified atom stereocenters. The first-order valence-electron chi connectivity index (χ1n) is 20.6. The van der Waals surface area contributed by atoms with Crippen LogP contribution in [0.1, 0.15) is 78.4 Å². The summed E-state index contributed by atoms with van der Waals surface area (Å²) in [5.74, 6) is 2.11. The van der Waals surface area contributed by atoms with Gasteiger partial charge in [0.2, 0.25) is 0 Å². The first-order valence-corrected chi connectivity index (χ1v) is 27.5. The molecular formula is C42H67B2ClF2N2O4Si2. The van der Waals surface area contributed by atoms with Crippen molar-refractivity contribution < 1.29 is 27.4 Å². The van der Waals surface area contributed by atoms with Gasteiger partial charge in [-0.1, -0.05) is 91.2 Å². The lowest BCUT2D eigenvalue weighted by molar-refractivity contribution is -0.199. The Bertz CT molecular complexity index is 1670. The second kappa shape index (κ2) is 14.9. The van der Waals surface area contributed by atoms with Crippen LogP contribution in [-0.4, -0.2) is 70.2 Å². The van der Waals surface area contributed by atoms with Gasteiger partial charge in [0.1, 0.15) is 28.1 Å². The second-order valence-electron chi connectivity index (χ2n) is 21.3. The van der Waals surface area contributed by atoms with Gasteiger partial charge in [-0.3, -0.25) is 0 Å². The van der Waals surface area contributed by atoms with Crippen molar-refractivity contribution in [2.75, 3.05) is 0 Å². The Hall–Kier alpha value is -1.09. The SMILES string of the molecule is CC1(C)[C@@H]2C[C@H]3OB([C@@H](N)Cc4ccc(F)cc4)O[C@@]3(C)[C@H]1C2.CC1(C)[C@@H]2C[C@H]3OB([C@H](Cc4ccc(F)cc4)N([Si](C)(C)C)[Si](C)(C)C)O[C@@]3(C)[C@H]1C2.Cl. The van der Waals surface area contributed by atoms with Crippen LogP contribution in [-0.2, 0) is 31.5 Å². The summed E-state index contributed by atoms with van der Waals surface area (Å²) >= 11 is 0. The molecular weight excluding hydrogens is 748 g/mol. The van der Waals surface area contributed by atoms with Gasteiger partial charge in [0.15, 0.2) is 0 Å². The van der Waals surface area contributed by atoms with E-state index in [1.54, 1.807) is 24.3 Å². The van der Waals surface area contributed by atoms with Crippen LogP contribution in [0.5, 0.6) is 0 Å². The third-order valence-electron chi connectivity index (χ3n) is 15.1. The summed E-state index contributed by atoms with van der Waals surface area (Å²) < 4.78 is 55.8. The minimum absolute atomic E-state index is 0. The van der Waals surface area contributed by atoms with Crippen molar-refractivity contribution in [2.24, 2.45) is 40.2 Å². The predicted molar refractivity (Wildman–Crippen MR) is 228 cm³/mol. The lowest BCUT2D eigenvalue weighted by atomic mass is 9.43. The molecule has 2 aromatic carbocycles. The molecule has 2 heterocycles. The third kappa shape index (κ3) is 7.76. The highest BCUT2D eigenvalue weighted by molar-refractivity contribution is 6.90. The number of hydrogen-bond donors (Lipinski definition) is 1. The van der Waals surface area contributed by atoms with Gasteiger partial charge in [0.05, 0.1) is 23.4 Å². The maximum absolute atomic E-state index is 13.6. The zero-order chi connectivity index (χ0) is 39.4. The van der Waals surface area contributed by atoms with Crippen LogP contribution in [0.3, 0.4) is 0 Å². The average molecular weight is 815 g/mol. The molecule has 6 aliphatic carbocycles. The molecule has 10 rings (SSSR count). The highest BCUT2D eigenvalue weighted by atomic mass is 35.5. The predicted octanol–water partition coefficient (Wildman–Crippen LogP) is 9.36. The number of hydrogen-bond acceptors (Lipinski definition) is 6. The summed E-state index contributed by atoms with van der Waals surface area (Å²) in [7, 11) is -3.93. The van der Waals surface area contributed by atoms with Crippen LogP contribution in [0.2, 0.25) is 39.3 Å². The van der Waals surface area contributed by atoms with Gasteiger partial charge in [0, 0.05) is 11.9 Å². The van der Waals surface area contributed by atoms with E-state index in [0.717, 1.165) is 42.2 Å². The molecule has 8 aliphatic rings. The molecule has 0 spiro atoms. The number of benzene rings is 2. The fourth-order valence-corrected chi connectivity index (χ4v) is 22.8. The van der Waals surface area contributed by atoms with Crippen molar-refractivity contribution in [3.63, 3.8) is 0 Å². The number of nitrogens with zero attached hydrogens (tertiary/aromatic N) is 1. The molecule has 6 nitrogen and oxygen atoms in total. The molecule has 4 bridgehead atoms. The van der Waals surface area contributed by atoms with Gasteiger partial charge < -0.3 is 28.6 Å². The van der Waals surface area contributed by atoms with E-state index in [-0.39, 0.29) is 73.6 Å². The van der Waals surface area contributed by atoms with Gasteiger partial charge in [-0.15, -0.1) is 12.4 Å². The molecule has 2 N–H and O–H groups in total. The summed E-state index contributed by atoms with van der Waals surface area (Å²) in [4.78, 5) is 0. The fourth-order valence-electron chi connectivity index (χ4n) is 12.3. The van der Waals surface area contributed by atoms with Crippen molar-refractivity contribution in [1.82, 2.24) is 4.23 Å². The Kier molecular flexibility index (Phi) is 11.8. The van der Waals surface area contributed by atoms with E-state index < -0.39 is 16.5 Å². The highest BCUT2D eigenvalue weighted by Crippen LogP contribution is 2.67. The van der Waals surface area contributed by atoms with Gasteiger partial charge in [-0.2, -0.15) is 0 Å². The summed E-state index contributed by atoms with van der Waals surface area (Å²) in [6.45, 7) is 28.7. The van der Waals surface area contributed by atoms with Crippen LogP contribution in [0.15, 0.2) is 48.5 Å². The second-order valence-corrected chi connectivity index (χ2v) is 31.4. The summed E-state index contributed by atoms with van der Waals surface area (Å²) in [5, 5.41) is 0. The molecule has 0 radical (unpaired) electrons. The van der Waals surface area contributed by atoms with Crippen molar-refractivity contribution >= 4 is 43.1 Å². The monoisotopic (exact) mass is 814 g/mol. The molecule has 13 heteroatoms. The molecule has 0 aromatic heterocycles. The Morgan fingerprint density at radius 3 is 1.44 bits per heavy atom. The van der Waals surface area contributed by atoms with Crippen molar-refractivity contribution in [3.05, 3.63) is 71.3 Å². The smallest absolute Gasteiger partial charge is 0.404 e. The van der Waals surface area contributed by atoms with E-state index in [0.29, 0.717) is 29.1 Å². The molecule has 8 fully saturated rings. The molecule has 2 saturated heterocycles. The maximum Gasteiger partial charge on any atom is 0.475 e. The largest absolute Gasteiger partial charge is 0.475 e. The zero-order valence-electron chi connectivity index (χ0n) is 35.5. The average Bonchev–Trinajstić information content (AvgIpc) is 3.62. The Morgan fingerprint density at radius 1 is 0.655 bits per heavy atom. The summed E-state index contributed by atoms with van der Waals surface area (Å²) in [5.41, 5.74) is 8.77. The van der Waals surface area contributed by atoms with Crippen molar-refractivity contribution in [2.45, 2.75) is 155 Å². The van der Waals surface area contributed by atoms with E-state index >= 15 is 0 Å². The quantitative estimate of drug-likeness (QED) is 0.255. The first kappa shape index (κ1) is 43.5. The van der Waals surface area contributed by atoms with Crippen LogP contribution in [0.25, 0.3) is 0 Å². The Labute approximate surface area is 339 Å². The molecule has 2 aliphatic heterocycles. The van der Waals surface area contributed by atoms with E-state index in [4.69, 9.17) is 24.4 Å². The standard InChI is InChI=1S/C24H41BFNO2Si2.C18H25BFNO2.ClH/c1-23(2)18-15-20(23)24(3)21(16-18)28-25(29-24)22(14-17-10-12-19(26)13-11-17)27(30(4,5)6)31(7,8)9;1-17(2)12-9-14(17)18(3)15(10-12)22-19(23-18)16(21)8-11-4-6-13(20)7-5-11;/h10-13,18,20-22H,14-16H2,1-9H3;4-7,12,14-16H,8-10,21H2,1-3H3;1H/t18-,20-,21+,22-,24-;12-,14-,15+,16-,18-;/m00./s1. The lowest BCUT2D eigenvalue weighted by Gasteiger charge is -2.64. The molecule has 10 atom stereocenters. The number of nitrogens with two attached hydrogens (primary N) is 1. The van der Waals surface area contributed by atoms with Gasteiger partial charge >= 0.3 is 14.2 Å². The van der Waals surface area contributed by atoms with Crippen molar-refractivity contribution in [1.29, 1.82) is 0 Å². The molecule has 2 aromatic rings. The highest BCUT2D eigenvalue weighted by Gasteiger charge is 2.70. The minimum Gasteiger partial charge on any atom is -0.404 e. The topological polar surface area (TPSA) is 66.2 Å². The fraction of sp³-hybridized carbons (Fsp3) is 0.714. The van der Waals surface area contributed by atoms with Crippen LogP contribution in [0, 0.1) is 46.1 Å². The summed E-state index contributed by atoms with van der Waals surface area (Å²) in [6, 6.07) is 13.5. The first-order chi connectivity index (χ1) is 24.9. The third-order valence-corrected chi connectivity index (χ3v) is 22.7. The van der Waals surface area contributed by atoms with Crippen molar-refractivity contribution in [3.8, 4) is 0 Å². The van der Waals surface area contributed by atoms with Gasteiger partial charge in [-0.05, 0) is 122 Å². The van der Waals surface area contributed by atoms with Crippen LogP contribution < -0.4 is 5.73 Å². The summed E-state index contributed by atoms with van der Waals surface area (Å²) in [6.07, 6.45) is 6.50. The van der Waals surface area contributed by atoms with Crippen LogP contribution >= 0.6 is 12.4 Å². The van der Waals surface area contributed by atoms with E-state index in [1.165, 1.54) is 25.0 Å². The van der Waals surface area contributed by atoms with Crippen LogP contribution in [0.4, 0.5) is 8.78 Å². The van der Waals surface area contributed by atoms with Gasteiger partial charge in [0.25, 0.3) is 0 Å². The number of rotatable bonds is 9. The Morgan fingerprint density at radius 2 is 1.04 bits per heavy atom. The Balaban J connectivity index is 0.000000191. The molecule has 0 amide bonds. The zero-order valence-corrected chi connectivity index (χ0v) is 38.3. The van der Waals surface area contributed by atoms with E-state index in [2.05, 4.69) is 85.1 Å². The normalized spacial score (nSPS) is 35.0. The van der Waals surface area contributed by atoms with Gasteiger partial charge in [-0.25, -0.2) is 8.78 Å². The minimum atomic E-state index is -1.66. The molecule has 6 saturated carbocycles. The molecule has 304 valence electrons. The number of halogens is 3. The maximum atomic E-state index is 13.6. The van der Waals surface area contributed by atoms with E-state index in [1.807, 2.05) is 12.1 Å². The van der Waals surface area contributed by atoms with E-state index in [9.17, 15) is 8.78 Å². The molecule has 55 heavy (non-hydrogen) atoms.